The maximum Gasteiger partial charge on any atom is 0.303 e. The molecule has 1 amide bonds. The Hall–Kier alpha value is -2.55. The lowest BCUT2D eigenvalue weighted by Gasteiger charge is -2.07. The first-order valence-corrected chi connectivity index (χ1v) is 7.23. The summed E-state index contributed by atoms with van der Waals surface area (Å²) >= 11 is 0. The average molecular weight is 304 g/mol. The predicted octanol–water partition coefficient (Wildman–Crippen LogP) is 2.09. The number of unbranched alkanes of at least 4 members (excludes halogenated alkanes) is 3. The van der Waals surface area contributed by atoms with Crippen LogP contribution in [0.1, 0.15) is 37.7 Å². The zero-order valence-electron chi connectivity index (χ0n) is 12.4. The van der Waals surface area contributed by atoms with E-state index >= 15 is 0 Å². The number of nitriles is 1. The summed E-state index contributed by atoms with van der Waals surface area (Å²) < 4.78 is 5.30. The quantitative estimate of drug-likeness (QED) is 0.645. The third kappa shape index (κ3) is 7.90. The number of hydrogen-bond acceptors (Lipinski definition) is 4. The Morgan fingerprint density at radius 1 is 1.14 bits per heavy atom. The van der Waals surface area contributed by atoms with E-state index in [0.29, 0.717) is 24.3 Å². The molecule has 0 spiro atoms. The number of carboxylic acids is 1. The fourth-order valence-corrected chi connectivity index (χ4v) is 1.81. The van der Waals surface area contributed by atoms with Crippen LogP contribution in [0.3, 0.4) is 0 Å². The van der Waals surface area contributed by atoms with E-state index in [9.17, 15) is 9.59 Å². The summed E-state index contributed by atoms with van der Waals surface area (Å²) in [5.41, 5.74) is 0.541. The van der Waals surface area contributed by atoms with E-state index in [1.807, 2.05) is 6.07 Å². The van der Waals surface area contributed by atoms with Crippen LogP contribution in [0.2, 0.25) is 0 Å². The Morgan fingerprint density at radius 3 is 2.45 bits per heavy atom. The van der Waals surface area contributed by atoms with E-state index in [4.69, 9.17) is 15.1 Å². The van der Waals surface area contributed by atoms with Gasteiger partial charge in [-0.15, -0.1) is 0 Å². The zero-order valence-corrected chi connectivity index (χ0v) is 12.4. The number of ether oxygens (including phenoxy) is 1. The van der Waals surface area contributed by atoms with Crippen LogP contribution < -0.4 is 10.1 Å². The van der Waals surface area contributed by atoms with Gasteiger partial charge in [-0.3, -0.25) is 9.59 Å². The Balaban J connectivity index is 2.06. The first-order valence-electron chi connectivity index (χ1n) is 7.23. The van der Waals surface area contributed by atoms with Crippen LogP contribution in [-0.2, 0) is 9.59 Å². The van der Waals surface area contributed by atoms with Crippen LogP contribution in [0.5, 0.6) is 5.75 Å². The van der Waals surface area contributed by atoms with E-state index in [2.05, 4.69) is 5.32 Å². The third-order valence-corrected chi connectivity index (χ3v) is 2.99. The van der Waals surface area contributed by atoms with Crippen LogP contribution >= 0.6 is 0 Å². The van der Waals surface area contributed by atoms with Crippen molar-refractivity contribution in [3.05, 3.63) is 29.8 Å². The molecule has 0 fully saturated rings. The summed E-state index contributed by atoms with van der Waals surface area (Å²) in [7, 11) is 0. The van der Waals surface area contributed by atoms with Crippen molar-refractivity contribution >= 4 is 11.9 Å². The van der Waals surface area contributed by atoms with Gasteiger partial charge in [-0.2, -0.15) is 5.26 Å². The van der Waals surface area contributed by atoms with Crippen molar-refractivity contribution < 1.29 is 19.4 Å². The van der Waals surface area contributed by atoms with Gasteiger partial charge < -0.3 is 15.2 Å². The van der Waals surface area contributed by atoms with Crippen molar-refractivity contribution in [1.29, 1.82) is 5.26 Å². The summed E-state index contributed by atoms with van der Waals surface area (Å²) in [6.45, 7) is 0.494. The van der Waals surface area contributed by atoms with Crippen LogP contribution in [0, 0.1) is 11.3 Å². The van der Waals surface area contributed by atoms with Crippen molar-refractivity contribution in [2.24, 2.45) is 0 Å². The van der Waals surface area contributed by atoms with Gasteiger partial charge in [0.05, 0.1) is 11.6 Å². The average Bonchev–Trinajstić information content (AvgIpc) is 2.52. The number of benzene rings is 1. The topological polar surface area (TPSA) is 99.4 Å². The molecule has 0 saturated heterocycles. The maximum atomic E-state index is 11.6. The minimum absolute atomic E-state index is 0.0646. The Morgan fingerprint density at radius 2 is 1.82 bits per heavy atom. The highest BCUT2D eigenvalue weighted by Gasteiger charge is 2.02. The summed E-state index contributed by atoms with van der Waals surface area (Å²) in [5.74, 6) is -0.425. The van der Waals surface area contributed by atoms with Crippen molar-refractivity contribution in [1.82, 2.24) is 5.32 Å². The van der Waals surface area contributed by atoms with Gasteiger partial charge in [-0.1, -0.05) is 12.8 Å². The summed E-state index contributed by atoms with van der Waals surface area (Å²) in [6, 6.07) is 8.56. The van der Waals surface area contributed by atoms with Gasteiger partial charge in [0.2, 0.25) is 0 Å². The van der Waals surface area contributed by atoms with Gasteiger partial charge >= 0.3 is 5.97 Å². The number of carbonyl (C=O) groups excluding carboxylic acids is 1. The fraction of sp³-hybridized carbons (Fsp3) is 0.438. The molecule has 0 aliphatic carbocycles. The highest BCUT2D eigenvalue weighted by molar-refractivity contribution is 5.77. The molecule has 0 heterocycles. The van der Waals surface area contributed by atoms with Crippen LogP contribution in [0.15, 0.2) is 24.3 Å². The second-order valence-electron chi connectivity index (χ2n) is 4.83. The molecule has 2 N–H and O–H groups in total. The summed E-state index contributed by atoms with van der Waals surface area (Å²) in [4.78, 5) is 21.9. The molecule has 1 aromatic carbocycles. The number of nitrogens with zero attached hydrogens (tertiary/aromatic N) is 1. The van der Waals surface area contributed by atoms with E-state index in [0.717, 1.165) is 19.3 Å². The molecule has 6 heteroatoms. The molecule has 1 rings (SSSR count). The molecular weight excluding hydrogens is 284 g/mol. The largest absolute Gasteiger partial charge is 0.484 e. The molecule has 0 aliphatic rings. The number of rotatable bonds is 10. The minimum Gasteiger partial charge on any atom is -0.484 e. The monoisotopic (exact) mass is 304 g/mol. The normalized spacial score (nSPS) is 9.77. The lowest BCUT2D eigenvalue weighted by Crippen LogP contribution is -2.29. The number of nitrogens with one attached hydrogen (secondary N) is 1. The van der Waals surface area contributed by atoms with Crippen molar-refractivity contribution in [3.63, 3.8) is 0 Å². The standard InChI is InChI=1S/C16H20N2O4/c17-11-13-6-8-14(9-7-13)22-12-15(19)18-10-4-2-1-3-5-16(20)21/h6-9H,1-5,10,12H2,(H,18,19)(H,20,21). The second-order valence-corrected chi connectivity index (χ2v) is 4.83. The first-order chi connectivity index (χ1) is 10.6. The lowest BCUT2D eigenvalue weighted by atomic mass is 10.1. The van der Waals surface area contributed by atoms with Gasteiger partial charge in [0.15, 0.2) is 6.61 Å². The second kappa shape index (κ2) is 10.2. The number of carboxylic acid groups (broad SMARTS) is 1. The molecular formula is C16H20N2O4. The Bertz CT molecular complexity index is 520. The van der Waals surface area contributed by atoms with Crippen LogP contribution in [0.4, 0.5) is 0 Å². The number of hydrogen-bond donors (Lipinski definition) is 2. The zero-order chi connectivity index (χ0) is 16.2. The fourth-order valence-electron chi connectivity index (χ4n) is 1.81. The van der Waals surface area contributed by atoms with Crippen molar-refractivity contribution in [3.8, 4) is 11.8 Å². The minimum atomic E-state index is -0.770. The summed E-state index contributed by atoms with van der Waals surface area (Å²) in [5, 5.41) is 19.9. The number of carbonyl (C=O) groups is 2. The van der Waals surface area contributed by atoms with Crippen molar-refractivity contribution in [2.45, 2.75) is 32.1 Å². The van der Waals surface area contributed by atoms with E-state index < -0.39 is 5.97 Å². The molecule has 0 radical (unpaired) electrons. The molecule has 0 bridgehead atoms. The molecule has 22 heavy (non-hydrogen) atoms. The van der Waals surface area contributed by atoms with Crippen LogP contribution in [-0.4, -0.2) is 30.1 Å². The molecule has 1 aromatic rings. The Labute approximate surface area is 129 Å². The predicted molar refractivity (Wildman–Crippen MR) is 80.4 cm³/mol. The molecule has 0 saturated carbocycles. The van der Waals surface area contributed by atoms with Gasteiger partial charge in [-0.25, -0.2) is 0 Å². The van der Waals surface area contributed by atoms with Gasteiger partial charge in [0, 0.05) is 13.0 Å². The van der Waals surface area contributed by atoms with Crippen molar-refractivity contribution in [2.75, 3.05) is 13.2 Å². The van der Waals surface area contributed by atoms with Gasteiger partial charge in [0.1, 0.15) is 5.75 Å². The van der Waals surface area contributed by atoms with E-state index in [1.54, 1.807) is 24.3 Å². The lowest BCUT2D eigenvalue weighted by molar-refractivity contribution is -0.137. The third-order valence-electron chi connectivity index (χ3n) is 2.99. The first kappa shape index (κ1) is 17.5. The molecule has 0 atom stereocenters. The van der Waals surface area contributed by atoms with Crippen LogP contribution in [0.25, 0.3) is 0 Å². The van der Waals surface area contributed by atoms with Gasteiger partial charge in [-0.05, 0) is 37.1 Å². The number of amides is 1. The van der Waals surface area contributed by atoms with Gasteiger partial charge in [0.25, 0.3) is 5.91 Å². The molecule has 0 aliphatic heterocycles. The molecule has 118 valence electrons. The van der Waals surface area contributed by atoms with E-state index in [1.165, 1.54) is 0 Å². The highest BCUT2D eigenvalue weighted by atomic mass is 16.5. The summed E-state index contributed by atoms with van der Waals surface area (Å²) in [6.07, 6.45) is 3.44. The smallest absolute Gasteiger partial charge is 0.303 e. The molecule has 0 aromatic heterocycles. The molecule has 6 nitrogen and oxygen atoms in total. The molecule has 0 unspecified atom stereocenters. The highest BCUT2D eigenvalue weighted by Crippen LogP contribution is 2.11. The maximum absolute atomic E-state index is 11.6. The van der Waals surface area contributed by atoms with E-state index in [-0.39, 0.29) is 18.9 Å². The SMILES string of the molecule is N#Cc1ccc(OCC(=O)NCCCCCCC(=O)O)cc1. The number of aliphatic carboxylic acids is 1. The Kier molecular flexibility index (Phi) is 8.13.